The van der Waals surface area contributed by atoms with Gasteiger partial charge in [-0.2, -0.15) is 0 Å². The Morgan fingerprint density at radius 1 is 1.50 bits per heavy atom. The van der Waals surface area contributed by atoms with E-state index in [1.165, 1.54) is 23.4 Å². The van der Waals surface area contributed by atoms with Crippen molar-refractivity contribution >= 4 is 0 Å². The van der Waals surface area contributed by atoms with Crippen LogP contribution in [0.4, 0.5) is 0 Å². The molecule has 3 nitrogen and oxygen atoms in total. The fourth-order valence-electron chi connectivity index (χ4n) is 3.04. The minimum absolute atomic E-state index is 0.117. The van der Waals surface area contributed by atoms with Gasteiger partial charge in [-0.15, -0.1) is 0 Å². The van der Waals surface area contributed by atoms with E-state index in [4.69, 9.17) is 10.5 Å². The van der Waals surface area contributed by atoms with E-state index in [0.717, 1.165) is 26.0 Å². The monoisotopic (exact) mass is 250 g/mol. The number of nitrogens with zero attached hydrogens (tertiary/aromatic N) is 1. The highest BCUT2D eigenvalue weighted by molar-refractivity contribution is 5.32. The normalized spacial score (nSPS) is 19.9. The summed E-state index contributed by atoms with van der Waals surface area (Å²) >= 11 is 0. The van der Waals surface area contributed by atoms with Gasteiger partial charge < -0.3 is 15.0 Å². The minimum Gasteiger partial charge on any atom is -0.374 e. The molecule has 1 heterocycles. The van der Waals surface area contributed by atoms with Gasteiger partial charge in [0.25, 0.3) is 0 Å². The number of ether oxygens (including phenoxy) is 1. The number of hydrogen-bond donors (Lipinski definition) is 1. The van der Waals surface area contributed by atoms with Crippen LogP contribution in [0.3, 0.4) is 0 Å². The van der Waals surface area contributed by atoms with Crippen molar-refractivity contribution in [3.05, 3.63) is 23.0 Å². The van der Waals surface area contributed by atoms with Crippen LogP contribution in [0.2, 0.25) is 0 Å². The maximum Gasteiger partial charge on any atom is 0.0804 e. The molecule has 2 rings (SSSR count). The molecule has 1 aliphatic carbocycles. The van der Waals surface area contributed by atoms with Gasteiger partial charge in [0.2, 0.25) is 0 Å². The van der Waals surface area contributed by atoms with Crippen LogP contribution in [0.5, 0.6) is 0 Å². The van der Waals surface area contributed by atoms with Crippen molar-refractivity contribution in [3.8, 4) is 0 Å². The van der Waals surface area contributed by atoms with Crippen molar-refractivity contribution < 1.29 is 4.74 Å². The highest BCUT2D eigenvalue weighted by Crippen LogP contribution is 2.31. The highest BCUT2D eigenvalue weighted by atomic mass is 16.5. The molecule has 1 aromatic rings. The summed E-state index contributed by atoms with van der Waals surface area (Å²) < 4.78 is 8.23. The zero-order valence-corrected chi connectivity index (χ0v) is 12.1. The van der Waals surface area contributed by atoms with Crippen molar-refractivity contribution in [2.45, 2.75) is 65.1 Å². The zero-order valence-electron chi connectivity index (χ0n) is 12.1. The van der Waals surface area contributed by atoms with Crippen molar-refractivity contribution in [2.75, 3.05) is 6.61 Å². The molecule has 1 aromatic heterocycles. The summed E-state index contributed by atoms with van der Waals surface area (Å²) in [5, 5.41) is 0. The zero-order chi connectivity index (χ0) is 13.3. The Bertz CT molecular complexity index is 420. The van der Waals surface area contributed by atoms with E-state index in [1.807, 2.05) is 0 Å². The van der Waals surface area contributed by atoms with Gasteiger partial charge in [0.15, 0.2) is 0 Å². The predicted molar refractivity (Wildman–Crippen MR) is 74.7 cm³/mol. The highest BCUT2D eigenvalue weighted by Gasteiger charge is 2.26. The number of aryl methyl sites for hydroxylation is 1. The lowest BCUT2D eigenvalue weighted by molar-refractivity contribution is -0.0232. The van der Waals surface area contributed by atoms with Crippen molar-refractivity contribution in [1.82, 2.24) is 4.57 Å². The average Bonchev–Trinajstić information content (AvgIpc) is 2.57. The molecule has 0 saturated heterocycles. The molecule has 18 heavy (non-hydrogen) atoms. The Labute approximate surface area is 110 Å². The molecule has 0 saturated carbocycles. The molecular formula is C15H26N2O. The Kier molecular flexibility index (Phi) is 3.83. The van der Waals surface area contributed by atoms with Crippen molar-refractivity contribution in [2.24, 2.45) is 5.73 Å². The topological polar surface area (TPSA) is 40.2 Å². The van der Waals surface area contributed by atoms with Crippen LogP contribution < -0.4 is 5.73 Å². The lowest BCUT2D eigenvalue weighted by Gasteiger charge is -2.29. The maximum absolute atomic E-state index is 6.21. The quantitative estimate of drug-likeness (QED) is 0.892. The van der Waals surface area contributed by atoms with Crippen LogP contribution in [0.15, 0.2) is 6.07 Å². The number of aromatic nitrogens is 1. The van der Waals surface area contributed by atoms with Gasteiger partial charge >= 0.3 is 0 Å². The summed E-state index contributed by atoms with van der Waals surface area (Å²) in [7, 11) is 0. The molecule has 0 fully saturated rings. The van der Waals surface area contributed by atoms with Crippen LogP contribution in [0, 0.1) is 6.92 Å². The van der Waals surface area contributed by atoms with Crippen LogP contribution in [0.1, 0.15) is 56.6 Å². The van der Waals surface area contributed by atoms with Crippen molar-refractivity contribution in [3.63, 3.8) is 0 Å². The van der Waals surface area contributed by atoms with Gasteiger partial charge in [0.1, 0.15) is 0 Å². The summed E-state index contributed by atoms with van der Waals surface area (Å²) in [5.74, 6) is 0. The SMILES string of the molecule is CCOC(C)(C)Cn1c(C)cc2c1CCCC2N. The van der Waals surface area contributed by atoms with Gasteiger partial charge in [0.05, 0.1) is 12.1 Å². The fourth-order valence-corrected chi connectivity index (χ4v) is 3.04. The molecule has 0 aromatic carbocycles. The van der Waals surface area contributed by atoms with Crippen LogP contribution in [-0.4, -0.2) is 16.8 Å². The molecule has 0 amide bonds. The molecule has 1 atom stereocenters. The fraction of sp³-hybridized carbons (Fsp3) is 0.733. The van der Waals surface area contributed by atoms with E-state index < -0.39 is 0 Å². The smallest absolute Gasteiger partial charge is 0.0804 e. The third kappa shape index (κ3) is 2.62. The van der Waals surface area contributed by atoms with E-state index >= 15 is 0 Å². The predicted octanol–water partition coefficient (Wildman–Crippen LogP) is 2.95. The average molecular weight is 250 g/mol. The molecule has 2 N–H and O–H groups in total. The van der Waals surface area contributed by atoms with Gasteiger partial charge in [-0.3, -0.25) is 0 Å². The van der Waals surface area contributed by atoms with E-state index in [9.17, 15) is 0 Å². The summed E-state index contributed by atoms with van der Waals surface area (Å²) in [6, 6.07) is 2.49. The van der Waals surface area contributed by atoms with Crippen LogP contribution in [0.25, 0.3) is 0 Å². The second kappa shape index (κ2) is 5.06. The van der Waals surface area contributed by atoms with E-state index in [0.29, 0.717) is 0 Å². The number of nitrogens with two attached hydrogens (primary N) is 1. The lowest BCUT2D eigenvalue weighted by atomic mass is 9.93. The molecule has 0 aliphatic heterocycles. The third-order valence-electron chi connectivity index (χ3n) is 3.85. The molecule has 0 radical (unpaired) electrons. The second-order valence-electron chi connectivity index (χ2n) is 5.97. The van der Waals surface area contributed by atoms with Gasteiger partial charge in [-0.25, -0.2) is 0 Å². The van der Waals surface area contributed by atoms with Crippen LogP contribution >= 0.6 is 0 Å². The second-order valence-corrected chi connectivity index (χ2v) is 5.97. The van der Waals surface area contributed by atoms with E-state index in [2.05, 4.69) is 38.3 Å². The van der Waals surface area contributed by atoms with Crippen molar-refractivity contribution in [1.29, 1.82) is 0 Å². The number of fused-ring (bicyclic) bond motifs is 1. The molecular weight excluding hydrogens is 224 g/mol. The standard InChI is InChI=1S/C15H26N2O/c1-5-18-15(3,4)10-17-11(2)9-12-13(16)7-6-8-14(12)17/h9,13H,5-8,10,16H2,1-4H3. The molecule has 102 valence electrons. The van der Waals surface area contributed by atoms with Gasteiger partial charge in [-0.1, -0.05) is 0 Å². The number of rotatable bonds is 4. The molecule has 1 aliphatic rings. The first-order chi connectivity index (χ1) is 8.44. The lowest BCUT2D eigenvalue weighted by Crippen LogP contribution is -2.32. The first-order valence-electron chi connectivity index (χ1n) is 7.03. The Balaban J connectivity index is 2.28. The Hall–Kier alpha value is -0.800. The summed E-state index contributed by atoms with van der Waals surface area (Å²) in [4.78, 5) is 0. The van der Waals surface area contributed by atoms with E-state index in [1.54, 1.807) is 0 Å². The summed E-state index contributed by atoms with van der Waals surface area (Å²) in [6.45, 7) is 10.2. The Morgan fingerprint density at radius 2 is 2.22 bits per heavy atom. The first kappa shape index (κ1) is 13.6. The summed E-state index contributed by atoms with van der Waals surface area (Å²) in [6.07, 6.45) is 3.47. The van der Waals surface area contributed by atoms with Crippen LogP contribution in [-0.2, 0) is 17.7 Å². The third-order valence-corrected chi connectivity index (χ3v) is 3.85. The van der Waals surface area contributed by atoms with Gasteiger partial charge in [-0.05, 0) is 58.6 Å². The molecule has 1 unspecified atom stereocenters. The Morgan fingerprint density at radius 3 is 2.89 bits per heavy atom. The minimum atomic E-state index is -0.117. The maximum atomic E-state index is 6.21. The molecule has 0 spiro atoms. The molecule has 3 heteroatoms. The van der Waals surface area contributed by atoms with E-state index in [-0.39, 0.29) is 11.6 Å². The first-order valence-corrected chi connectivity index (χ1v) is 7.03. The molecule has 0 bridgehead atoms. The summed E-state index contributed by atoms with van der Waals surface area (Å²) in [5.41, 5.74) is 10.2. The number of hydrogen-bond acceptors (Lipinski definition) is 2. The van der Waals surface area contributed by atoms with Gasteiger partial charge in [0, 0.05) is 24.0 Å². The largest absolute Gasteiger partial charge is 0.374 e.